The lowest BCUT2D eigenvalue weighted by Gasteiger charge is -2.34. The molecule has 1 saturated heterocycles. The highest BCUT2D eigenvalue weighted by molar-refractivity contribution is 5.76. The van der Waals surface area contributed by atoms with Crippen LogP contribution in [-0.4, -0.2) is 48.4 Å². The minimum atomic E-state index is 0.381. The molecule has 0 N–H and O–H groups in total. The van der Waals surface area contributed by atoms with E-state index in [9.17, 15) is 4.79 Å². The minimum Gasteiger partial charge on any atom is -0.340 e. The van der Waals surface area contributed by atoms with Crippen molar-refractivity contribution in [2.45, 2.75) is 71.6 Å². The third kappa shape index (κ3) is 7.28. The zero-order valence-corrected chi connectivity index (χ0v) is 13.7. The van der Waals surface area contributed by atoms with Gasteiger partial charge in [0.15, 0.2) is 0 Å². The number of carbonyl (C=O) groups excluding carboxylic acids is 1. The molecule has 3 heteroatoms. The number of carbonyl (C=O) groups is 1. The van der Waals surface area contributed by atoms with Gasteiger partial charge in [0.1, 0.15) is 0 Å². The Morgan fingerprint density at radius 1 is 0.800 bits per heavy atom. The molecule has 0 aromatic rings. The van der Waals surface area contributed by atoms with Crippen LogP contribution in [0.15, 0.2) is 0 Å². The Balaban J connectivity index is 1.95. The predicted octanol–water partition coefficient (Wildman–Crippen LogP) is 3.68. The molecule has 0 bridgehead atoms. The van der Waals surface area contributed by atoms with Crippen molar-refractivity contribution < 1.29 is 4.79 Å². The van der Waals surface area contributed by atoms with Gasteiger partial charge in [-0.2, -0.15) is 0 Å². The number of unbranched alkanes of at least 4 members (excludes halogenated alkanes) is 7. The van der Waals surface area contributed by atoms with Crippen LogP contribution in [-0.2, 0) is 4.79 Å². The van der Waals surface area contributed by atoms with Crippen LogP contribution in [0.3, 0.4) is 0 Å². The first-order chi connectivity index (χ1) is 9.77. The van der Waals surface area contributed by atoms with Crippen LogP contribution in [0.25, 0.3) is 0 Å². The molecule has 1 aliphatic heterocycles. The largest absolute Gasteiger partial charge is 0.340 e. The van der Waals surface area contributed by atoms with E-state index < -0.39 is 0 Å². The van der Waals surface area contributed by atoms with Gasteiger partial charge in [-0.3, -0.25) is 4.79 Å². The second-order valence-electron chi connectivity index (χ2n) is 6.04. The second kappa shape index (κ2) is 11.1. The number of piperazine rings is 1. The standard InChI is InChI=1S/C17H34N2O/c1-3-5-6-7-8-9-10-11-12-17(20)19-15-13-18(4-2)14-16-19/h3-16H2,1-2H3. The molecule has 0 aromatic carbocycles. The highest BCUT2D eigenvalue weighted by Gasteiger charge is 2.19. The number of hydrogen-bond donors (Lipinski definition) is 0. The summed E-state index contributed by atoms with van der Waals surface area (Å²) >= 11 is 0. The zero-order chi connectivity index (χ0) is 14.6. The van der Waals surface area contributed by atoms with Crippen molar-refractivity contribution in [1.82, 2.24) is 9.80 Å². The third-order valence-electron chi connectivity index (χ3n) is 4.42. The number of amides is 1. The van der Waals surface area contributed by atoms with Crippen LogP contribution >= 0.6 is 0 Å². The van der Waals surface area contributed by atoms with Crippen molar-refractivity contribution in [3.63, 3.8) is 0 Å². The van der Waals surface area contributed by atoms with E-state index in [0.717, 1.165) is 45.6 Å². The molecule has 3 nitrogen and oxygen atoms in total. The van der Waals surface area contributed by atoms with Crippen molar-refractivity contribution in [2.24, 2.45) is 0 Å². The second-order valence-corrected chi connectivity index (χ2v) is 6.04. The Bertz CT molecular complexity index is 247. The summed E-state index contributed by atoms with van der Waals surface area (Å²) < 4.78 is 0. The molecule has 118 valence electrons. The number of likely N-dealkylation sites (N-methyl/N-ethyl adjacent to an activating group) is 1. The van der Waals surface area contributed by atoms with Crippen LogP contribution in [0.2, 0.25) is 0 Å². The molecule has 1 fully saturated rings. The van der Waals surface area contributed by atoms with Crippen molar-refractivity contribution in [1.29, 1.82) is 0 Å². The summed E-state index contributed by atoms with van der Waals surface area (Å²) in [5.74, 6) is 0.381. The van der Waals surface area contributed by atoms with Crippen LogP contribution in [0.4, 0.5) is 0 Å². The topological polar surface area (TPSA) is 23.6 Å². The first kappa shape index (κ1) is 17.5. The zero-order valence-electron chi connectivity index (χ0n) is 13.7. The first-order valence-electron chi connectivity index (χ1n) is 8.78. The van der Waals surface area contributed by atoms with Gasteiger partial charge in [-0.05, 0) is 13.0 Å². The van der Waals surface area contributed by atoms with Gasteiger partial charge in [-0.1, -0.05) is 58.8 Å². The van der Waals surface area contributed by atoms with Gasteiger partial charge in [0, 0.05) is 32.6 Å². The van der Waals surface area contributed by atoms with Crippen molar-refractivity contribution >= 4 is 5.91 Å². The molecular weight excluding hydrogens is 248 g/mol. The van der Waals surface area contributed by atoms with Crippen LogP contribution < -0.4 is 0 Å². The predicted molar refractivity (Wildman–Crippen MR) is 85.9 cm³/mol. The lowest BCUT2D eigenvalue weighted by molar-refractivity contribution is -0.133. The summed E-state index contributed by atoms with van der Waals surface area (Å²) in [4.78, 5) is 16.6. The monoisotopic (exact) mass is 282 g/mol. The fourth-order valence-electron chi connectivity index (χ4n) is 2.88. The Morgan fingerprint density at radius 3 is 1.90 bits per heavy atom. The van der Waals surface area contributed by atoms with Crippen LogP contribution in [0.1, 0.15) is 71.6 Å². The SMILES string of the molecule is CCCCCCCCCCC(=O)N1CCN(CC)CC1. The van der Waals surface area contributed by atoms with Gasteiger partial charge >= 0.3 is 0 Å². The minimum absolute atomic E-state index is 0.381. The quantitative estimate of drug-likeness (QED) is 0.571. The van der Waals surface area contributed by atoms with Crippen molar-refractivity contribution in [3.05, 3.63) is 0 Å². The number of hydrogen-bond acceptors (Lipinski definition) is 2. The van der Waals surface area contributed by atoms with E-state index in [1.807, 2.05) is 0 Å². The van der Waals surface area contributed by atoms with Crippen LogP contribution in [0.5, 0.6) is 0 Å². The molecule has 20 heavy (non-hydrogen) atoms. The summed E-state index contributed by atoms with van der Waals surface area (Å²) in [7, 11) is 0. The Kier molecular flexibility index (Phi) is 9.73. The molecule has 0 spiro atoms. The molecule has 0 radical (unpaired) electrons. The third-order valence-corrected chi connectivity index (χ3v) is 4.42. The molecule has 0 atom stereocenters. The lowest BCUT2D eigenvalue weighted by Crippen LogP contribution is -2.48. The number of nitrogens with zero attached hydrogens (tertiary/aromatic N) is 2. The smallest absolute Gasteiger partial charge is 0.222 e. The lowest BCUT2D eigenvalue weighted by atomic mass is 10.1. The molecule has 1 amide bonds. The Hall–Kier alpha value is -0.570. The average molecular weight is 282 g/mol. The number of rotatable bonds is 10. The molecule has 0 unspecified atom stereocenters. The van der Waals surface area contributed by atoms with Gasteiger partial charge in [0.05, 0.1) is 0 Å². The molecule has 0 saturated carbocycles. The Morgan fingerprint density at radius 2 is 1.35 bits per heavy atom. The molecule has 1 heterocycles. The summed E-state index contributed by atoms with van der Waals surface area (Å²) in [6.45, 7) is 9.54. The molecule has 1 aliphatic rings. The fraction of sp³-hybridized carbons (Fsp3) is 0.941. The van der Waals surface area contributed by atoms with Gasteiger partial charge in [-0.15, -0.1) is 0 Å². The fourth-order valence-corrected chi connectivity index (χ4v) is 2.88. The maximum Gasteiger partial charge on any atom is 0.222 e. The summed E-state index contributed by atoms with van der Waals surface area (Å²) in [5, 5.41) is 0. The van der Waals surface area contributed by atoms with Crippen molar-refractivity contribution in [3.8, 4) is 0 Å². The van der Waals surface area contributed by atoms with Crippen molar-refractivity contribution in [2.75, 3.05) is 32.7 Å². The van der Waals surface area contributed by atoms with E-state index in [1.165, 1.54) is 44.9 Å². The van der Waals surface area contributed by atoms with E-state index in [0.29, 0.717) is 5.91 Å². The van der Waals surface area contributed by atoms with Gasteiger partial charge in [0.25, 0.3) is 0 Å². The van der Waals surface area contributed by atoms with Gasteiger partial charge in [-0.25, -0.2) is 0 Å². The summed E-state index contributed by atoms with van der Waals surface area (Å²) in [6, 6.07) is 0. The van der Waals surface area contributed by atoms with E-state index in [2.05, 4.69) is 23.6 Å². The maximum absolute atomic E-state index is 12.1. The van der Waals surface area contributed by atoms with Crippen LogP contribution in [0, 0.1) is 0 Å². The van der Waals surface area contributed by atoms with E-state index in [-0.39, 0.29) is 0 Å². The average Bonchev–Trinajstić information content (AvgIpc) is 2.50. The highest BCUT2D eigenvalue weighted by atomic mass is 16.2. The first-order valence-corrected chi connectivity index (χ1v) is 8.78. The summed E-state index contributed by atoms with van der Waals surface area (Å²) in [6.07, 6.45) is 11.2. The van der Waals surface area contributed by atoms with E-state index in [4.69, 9.17) is 0 Å². The Labute approximate surface area is 125 Å². The van der Waals surface area contributed by atoms with E-state index >= 15 is 0 Å². The molecule has 0 aliphatic carbocycles. The highest BCUT2D eigenvalue weighted by Crippen LogP contribution is 2.11. The van der Waals surface area contributed by atoms with E-state index in [1.54, 1.807) is 0 Å². The summed E-state index contributed by atoms with van der Waals surface area (Å²) in [5.41, 5.74) is 0. The molecule has 1 rings (SSSR count). The molecular formula is C17H34N2O. The van der Waals surface area contributed by atoms with Gasteiger partial charge in [0.2, 0.25) is 5.91 Å². The maximum atomic E-state index is 12.1. The van der Waals surface area contributed by atoms with Gasteiger partial charge < -0.3 is 9.80 Å². The molecule has 0 aromatic heterocycles. The normalized spacial score (nSPS) is 16.6.